The van der Waals surface area contributed by atoms with Crippen molar-refractivity contribution in [1.29, 1.82) is 0 Å². The molecule has 30 heavy (non-hydrogen) atoms. The van der Waals surface area contributed by atoms with E-state index in [1.54, 1.807) is 0 Å². The van der Waals surface area contributed by atoms with Gasteiger partial charge in [-0.1, -0.05) is 53.5 Å². The first-order chi connectivity index (χ1) is 14.6. The zero-order valence-corrected chi connectivity index (χ0v) is 18.5. The van der Waals surface area contributed by atoms with Gasteiger partial charge in [-0.25, -0.2) is 4.98 Å². The normalized spacial score (nSPS) is 14.3. The SMILES string of the molecule is CCOc1c(Cl)cc(-c2nc3ccc4ccccc4c3c3c2CN(C)CC3)cc1Cl. The summed E-state index contributed by atoms with van der Waals surface area (Å²) < 4.78 is 5.61. The third-order valence-corrected chi connectivity index (χ3v) is 6.38. The number of likely N-dealkylation sites (N-methyl/N-ethyl adjacent to an activating group) is 1. The maximum absolute atomic E-state index is 6.52. The lowest BCUT2D eigenvalue weighted by Gasteiger charge is -2.28. The van der Waals surface area contributed by atoms with Crippen LogP contribution in [0.2, 0.25) is 10.0 Å². The largest absolute Gasteiger partial charge is 0.491 e. The van der Waals surface area contributed by atoms with Crippen LogP contribution in [-0.2, 0) is 13.0 Å². The van der Waals surface area contributed by atoms with E-state index in [1.807, 2.05) is 19.1 Å². The first kappa shape index (κ1) is 19.6. The van der Waals surface area contributed by atoms with E-state index < -0.39 is 0 Å². The highest BCUT2D eigenvalue weighted by Gasteiger charge is 2.24. The van der Waals surface area contributed by atoms with E-state index >= 15 is 0 Å². The van der Waals surface area contributed by atoms with Crippen LogP contribution in [0.15, 0.2) is 48.5 Å². The molecule has 1 aliphatic rings. The molecule has 3 aromatic carbocycles. The summed E-state index contributed by atoms with van der Waals surface area (Å²) in [4.78, 5) is 7.45. The number of nitrogens with zero attached hydrogens (tertiary/aromatic N) is 2. The van der Waals surface area contributed by atoms with Gasteiger partial charge in [-0.05, 0) is 60.5 Å². The Balaban J connectivity index is 1.81. The van der Waals surface area contributed by atoms with Crippen LogP contribution in [0.25, 0.3) is 32.9 Å². The van der Waals surface area contributed by atoms with E-state index in [-0.39, 0.29) is 0 Å². The van der Waals surface area contributed by atoms with Gasteiger partial charge in [-0.2, -0.15) is 0 Å². The maximum Gasteiger partial charge on any atom is 0.156 e. The minimum Gasteiger partial charge on any atom is -0.491 e. The van der Waals surface area contributed by atoms with E-state index in [0.717, 1.165) is 36.3 Å². The molecule has 0 bridgehead atoms. The number of hydrogen-bond acceptors (Lipinski definition) is 3. The molecule has 1 aromatic heterocycles. The molecule has 0 radical (unpaired) electrons. The summed E-state index contributed by atoms with van der Waals surface area (Å²) in [5.74, 6) is 0.530. The second kappa shape index (κ2) is 7.73. The first-order valence-electron chi connectivity index (χ1n) is 10.2. The topological polar surface area (TPSA) is 25.4 Å². The van der Waals surface area contributed by atoms with E-state index in [2.05, 4.69) is 48.3 Å². The van der Waals surface area contributed by atoms with Crippen molar-refractivity contribution in [3.05, 3.63) is 69.7 Å². The molecule has 1 aliphatic heterocycles. The Bertz CT molecular complexity index is 1260. The third kappa shape index (κ3) is 3.22. The molecule has 0 spiro atoms. The highest BCUT2D eigenvalue weighted by atomic mass is 35.5. The lowest BCUT2D eigenvalue weighted by Crippen LogP contribution is -2.27. The minimum atomic E-state index is 0.512. The van der Waals surface area contributed by atoms with Crippen molar-refractivity contribution < 1.29 is 4.74 Å². The van der Waals surface area contributed by atoms with Gasteiger partial charge in [0.2, 0.25) is 0 Å². The zero-order chi connectivity index (χ0) is 20.8. The lowest BCUT2D eigenvalue weighted by molar-refractivity contribution is 0.314. The van der Waals surface area contributed by atoms with Crippen LogP contribution in [0.4, 0.5) is 0 Å². The summed E-state index contributed by atoms with van der Waals surface area (Å²) in [6.07, 6.45) is 0.990. The Hall–Kier alpha value is -2.33. The molecule has 0 fully saturated rings. The average molecular weight is 437 g/mol. The van der Waals surface area contributed by atoms with Crippen molar-refractivity contribution in [2.75, 3.05) is 20.2 Å². The summed E-state index contributed by atoms with van der Waals surface area (Å²) in [6, 6.07) is 16.7. The predicted octanol–water partition coefficient (Wildman–Crippen LogP) is 6.75. The Morgan fingerprint density at radius 1 is 1.03 bits per heavy atom. The van der Waals surface area contributed by atoms with Crippen LogP contribution in [0.3, 0.4) is 0 Å². The van der Waals surface area contributed by atoms with Gasteiger partial charge in [0.25, 0.3) is 0 Å². The smallest absolute Gasteiger partial charge is 0.156 e. The molecule has 3 nitrogen and oxygen atoms in total. The maximum atomic E-state index is 6.52. The van der Waals surface area contributed by atoms with Gasteiger partial charge < -0.3 is 9.64 Å². The Labute approximate surface area is 186 Å². The number of ether oxygens (including phenoxy) is 1. The molecule has 0 atom stereocenters. The fourth-order valence-corrected chi connectivity index (χ4v) is 5.06. The van der Waals surface area contributed by atoms with E-state index in [9.17, 15) is 0 Å². The lowest BCUT2D eigenvalue weighted by atomic mass is 9.89. The fourth-order valence-electron chi connectivity index (χ4n) is 4.47. The Morgan fingerprint density at radius 3 is 2.57 bits per heavy atom. The van der Waals surface area contributed by atoms with Crippen LogP contribution >= 0.6 is 23.2 Å². The van der Waals surface area contributed by atoms with Gasteiger partial charge >= 0.3 is 0 Å². The van der Waals surface area contributed by atoms with Crippen molar-refractivity contribution in [2.45, 2.75) is 19.9 Å². The first-order valence-corrected chi connectivity index (χ1v) is 11.0. The molecule has 152 valence electrons. The Morgan fingerprint density at radius 2 is 1.80 bits per heavy atom. The second-order valence-electron chi connectivity index (χ2n) is 7.79. The predicted molar refractivity (Wildman–Crippen MR) is 126 cm³/mol. The second-order valence-corrected chi connectivity index (χ2v) is 8.60. The van der Waals surface area contributed by atoms with Crippen molar-refractivity contribution >= 4 is 44.9 Å². The number of benzene rings is 3. The number of rotatable bonds is 3. The average Bonchev–Trinajstić information content (AvgIpc) is 2.75. The molecule has 2 heterocycles. The quantitative estimate of drug-likeness (QED) is 0.332. The third-order valence-electron chi connectivity index (χ3n) is 5.82. The number of pyridine rings is 1. The van der Waals surface area contributed by atoms with Gasteiger partial charge in [0, 0.05) is 24.0 Å². The highest BCUT2D eigenvalue weighted by Crippen LogP contribution is 2.41. The molecule has 5 rings (SSSR count). The standard InChI is InChI=1S/C25H22Cl2N2O/c1-3-30-25-20(26)12-16(13-21(25)27)24-19-14-29(2)11-10-18(19)23-17-7-5-4-6-15(17)8-9-22(23)28-24/h4-9,12-13H,3,10-11,14H2,1-2H3. The summed E-state index contributed by atoms with van der Waals surface area (Å²) in [7, 11) is 2.15. The van der Waals surface area contributed by atoms with Crippen LogP contribution in [0, 0.1) is 0 Å². The molecule has 0 saturated heterocycles. The Kier molecular flexibility index (Phi) is 5.06. The van der Waals surface area contributed by atoms with E-state index in [0.29, 0.717) is 22.4 Å². The molecule has 0 N–H and O–H groups in total. The summed E-state index contributed by atoms with van der Waals surface area (Å²) in [5.41, 5.74) is 5.52. The van der Waals surface area contributed by atoms with Crippen LogP contribution < -0.4 is 4.74 Å². The highest BCUT2D eigenvalue weighted by molar-refractivity contribution is 6.37. The molecule has 0 saturated carbocycles. The minimum absolute atomic E-state index is 0.512. The van der Waals surface area contributed by atoms with Gasteiger partial charge in [-0.15, -0.1) is 0 Å². The summed E-state index contributed by atoms with van der Waals surface area (Å²) in [6.45, 7) is 4.31. The number of fused-ring (bicyclic) bond motifs is 5. The van der Waals surface area contributed by atoms with Gasteiger partial charge in [0.1, 0.15) is 0 Å². The monoisotopic (exact) mass is 436 g/mol. The van der Waals surface area contributed by atoms with Crippen molar-refractivity contribution in [3.63, 3.8) is 0 Å². The number of aromatic nitrogens is 1. The van der Waals surface area contributed by atoms with Gasteiger partial charge in [-0.3, -0.25) is 0 Å². The van der Waals surface area contributed by atoms with E-state index in [4.69, 9.17) is 32.9 Å². The molecular weight excluding hydrogens is 415 g/mol. The van der Waals surface area contributed by atoms with Gasteiger partial charge in [0.05, 0.1) is 27.9 Å². The van der Waals surface area contributed by atoms with Crippen molar-refractivity contribution in [1.82, 2.24) is 9.88 Å². The van der Waals surface area contributed by atoms with E-state index in [1.165, 1.54) is 27.3 Å². The summed E-state index contributed by atoms with van der Waals surface area (Å²) >= 11 is 13.0. The molecule has 0 unspecified atom stereocenters. The van der Waals surface area contributed by atoms with Crippen molar-refractivity contribution in [2.24, 2.45) is 0 Å². The number of halogens is 2. The molecule has 4 aromatic rings. The van der Waals surface area contributed by atoms with Crippen molar-refractivity contribution in [3.8, 4) is 17.0 Å². The molecular formula is C25H22Cl2N2O. The fraction of sp³-hybridized carbons (Fsp3) is 0.240. The molecule has 0 aliphatic carbocycles. The van der Waals surface area contributed by atoms with Crippen LogP contribution in [0.1, 0.15) is 18.1 Å². The van der Waals surface area contributed by atoms with Crippen LogP contribution in [-0.4, -0.2) is 30.1 Å². The summed E-state index contributed by atoms with van der Waals surface area (Å²) in [5, 5.41) is 4.80. The molecule has 0 amide bonds. The van der Waals surface area contributed by atoms with Crippen LogP contribution in [0.5, 0.6) is 5.75 Å². The number of hydrogen-bond donors (Lipinski definition) is 0. The molecule has 5 heteroatoms. The van der Waals surface area contributed by atoms with Gasteiger partial charge in [0.15, 0.2) is 5.75 Å². The zero-order valence-electron chi connectivity index (χ0n) is 17.0.